The van der Waals surface area contributed by atoms with Crippen molar-refractivity contribution in [3.8, 4) is 0 Å². The van der Waals surface area contributed by atoms with E-state index < -0.39 is 0 Å². The molecule has 3 amide bonds. The second-order valence-electron chi connectivity index (χ2n) is 6.76. The highest BCUT2D eigenvalue weighted by Crippen LogP contribution is 2.41. The predicted octanol–water partition coefficient (Wildman–Crippen LogP) is 1.38. The number of nitrogens with one attached hydrogen (secondary N) is 1. The fourth-order valence-electron chi connectivity index (χ4n) is 3.52. The van der Waals surface area contributed by atoms with E-state index in [-0.39, 0.29) is 17.4 Å². The fraction of sp³-hybridized carbons (Fsp3) is 0.562. The van der Waals surface area contributed by atoms with Gasteiger partial charge in [-0.15, -0.1) is 0 Å². The summed E-state index contributed by atoms with van der Waals surface area (Å²) in [5, 5.41) is 3.03. The molecule has 6 heteroatoms. The zero-order chi connectivity index (χ0) is 15.2. The van der Waals surface area contributed by atoms with E-state index in [4.69, 9.17) is 0 Å². The number of urea groups is 1. The van der Waals surface area contributed by atoms with E-state index in [0.29, 0.717) is 25.6 Å². The van der Waals surface area contributed by atoms with Gasteiger partial charge in [0.25, 0.3) is 0 Å². The number of pyridine rings is 1. The Bertz CT molecular complexity index is 601. The van der Waals surface area contributed by atoms with Crippen molar-refractivity contribution in [2.45, 2.75) is 31.7 Å². The van der Waals surface area contributed by atoms with Crippen molar-refractivity contribution in [3.63, 3.8) is 0 Å². The maximum absolute atomic E-state index is 12.4. The zero-order valence-electron chi connectivity index (χ0n) is 12.5. The van der Waals surface area contributed by atoms with Crippen LogP contribution >= 0.6 is 0 Å². The van der Waals surface area contributed by atoms with Gasteiger partial charge < -0.3 is 15.1 Å². The second kappa shape index (κ2) is 4.97. The Kier molecular flexibility index (Phi) is 3.06. The van der Waals surface area contributed by atoms with Gasteiger partial charge in [-0.1, -0.05) is 0 Å². The van der Waals surface area contributed by atoms with Crippen molar-refractivity contribution in [2.75, 3.05) is 24.5 Å². The minimum Gasteiger partial charge on any atom is -0.335 e. The first-order valence-electron chi connectivity index (χ1n) is 7.91. The molecule has 3 aliphatic rings. The van der Waals surface area contributed by atoms with Gasteiger partial charge in [-0.05, 0) is 31.4 Å². The lowest BCUT2D eigenvalue weighted by molar-refractivity contribution is -0.117. The molecule has 2 saturated heterocycles. The monoisotopic (exact) mass is 300 g/mol. The number of hydrogen-bond donors (Lipinski definition) is 1. The summed E-state index contributed by atoms with van der Waals surface area (Å²) in [6.45, 7) is 2.10. The van der Waals surface area contributed by atoms with E-state index in [9.17, 15) is 9.59 Å². The molecule has 1 aliphatic carbocycles. The zero-order valence-corrected chi connectivity index (χ0v) is 12.5. The summed E-state index contributed by atoms with van der Waals surface area (Å²) in [6.07, 6.45) is 7.04. The summed E-state index contributed by atoms with van der Waals surface area (Å²) in [5.74, 6) is 0.137. The van der Waals surface area contributed by atoms with Crippen LogP contribution in [0.1, 0.15) is 25.7 Å². The Morgan fingerprint density at radius 1 is 1.36 bits per heavy atom. The summed E-state index contributed by atoms with van der Waals surface area (Å²) in [4.78, 5) is 32.3. The summed E-state index contributed by atoms with van der Waals surface area (Å²) in [7, 11) is 0. The fourth-order valence-corrected chi connectivity index (χ4v) is 3.52. The molecule has 4 rings (SSSR count). The van der Waals surface area contributed by atoms with E-state index in [0.717, 1.165) is 31.5 Å². The molecule has 0 aromatic carbocycles. The lowest BCUT2D eigenvalue weighted by Gasteiger charge is -2.24. The number of nitrogens with zero attached hydrogens (tertiary/aromatic N) is 3. The maximum atomic E-state index is 12.4. The molecule has 0 radical (unpaired) electrons. The van der Waals surface area contributed by atoms with Crippen LogP contribution in [-0.2, 0) is 4.79 Å². The second-order valence-corrected chi connectivity index (χ2v) is 6.76. The molecule has 6 nitrogen and oxygen atoms in total. The molecule has 22 heavy (non-hydrogen) atoms. The first kappa shape index (κ1) is 13.5. The van der Waals surface area contributed by atoms with Crippen LogP contribution in [0.15, 0.2) is 24.5 Å². The molecule has 1 N–H and O–H groups in total. The Labute approximate surface area is 129 Å². The van der Waals surface area contributed by atoms with Crippen LogP contribution in [0, 0.1) is 5.41 Å². The summed E-state index contributed by atoms with van der Waals surface area (Å²) >= 11 is 0. The van der Waals surface area contributed by atoms with Gasteiger partial charge in [0.15, 0.2) is 0 Å². The third-order valence-electron chi connectivity index (χ3n) is 4.91. The minimum absolute atomic E-state index is 0.0339. The van der Waals surface area contributed by atoms with E-state index in [1.807, 2.05) is 21.9 Å². The van der Waals surface area contributed by atoms with Crippen molar-refractivity contribution in [3.05, 3.63) is 24.5 Å². The van der Waals surface area contributed by atoms with E-state index in [1.165, 1.54) is 0 Å². The maximum Gasteiger partial charge on any atom is 0.317 e. The van der Waals surface area contributed by atoms with Gasteiger partial charge in [0, 0.05) is 43.7 Å². The van der Waals surface area contributed by atoms with Crippen LogP contribution in [-0.4, -0.2) is 47.5 Å². The molecule has 2 aliphatic heterocycles. The minimum atomic E-state index is -0.0895. The highest BCUT2D eigenvalue weighted by molar-refractivity contribution is 5.96. The summed E-state index contributed by atoms with van der Waals surface area (Å²) < 4.78 is 0. The highest BCUT2D eigenvalue weighted by Gasteiger charge is 2.49. The molecular weight excluding hydrogens is 280 g/mol. The predicted molar refractivity (Wildman–Crippen MR) is 81.4 cm³/mol. The number of anilines is 1. The smallest absolute Gasteiger partial charge is 0.317 e. The molecule has 3 fully saturated rings. The van der Waals surface area contributed by atoms with Crippen LogP contribution < -0.4 is 10.2 Å². The van der Waals surface area contributed by atoms with Crippen LogP contribution in [0.4, 0.5) is 10.5 Å². The van der Waals surface area contributed by atoms with Gasteiger partial charge in [-0.3, -0.25) is 9.78 Å². The largest absolute Gasteiger partial charge is 0.335 e. The van der Waals surface area contributed by atoms with Crippen molar-refractivity contribution in [2.24, 2.45) is 5.41 Å². The Hall–Kier alpha value is -2.11. The normalized spacial score (nSPS) is 27.7. The summed E-state index contributed by atoms with van der Waals surface area (Å²) in [6, 6.07) is 4.17. The molecule has 116 valence electrons. The molecular formula is C16H20N4O2. The van der Waals surface area contributed by atoms with Gasteiger partial charge in [0.2, 0.25) is 5.91 Å². The van der Waals surface area contributed by atoms with Crippen LogP contribution in [0.2, 0.25) is 0 Å². The highest BCUT2D eigenvalue weighted by atomic mass is 16.2. The third-order valence-corrected chi connectivity index (χ3v) is 4.91. The SMILES string of the molecule is O=C(NC1CC1)N1CCC2(CC(=O)N(c3cccnc3)C2)C1. The Morgan fingerprint density at radius 2 is 2.23 bits per heavy atom. The molecule has 1 saturated carbocycles. The number of aromatic nitrogens is 1. The van der Waals surface area contributed by atoms with Gasteiger partial charge in [-0.2, -0.15) is 0 Å². The first-order valence-corrected chi connectivity index (χ1v) is 7.91. The quantitative estimate of drug-likeness (QED) is 0.897. The molecule has 3 heterocycles. The average Bonchev–Trinajstić information content (AvgIpc) is 3.15. The Balaban J connectivity index is 1.45. The number of rotatable bonds is 2. The van der Waals surface area contributed by atoms with Gasteiger partial charge in [-0.25, -0.2) is 4.79 Å². The number of amides is 3. The average molecular weight is 300 g/mol. The van der Waals surface area contributed by atoms with Crippen molar-refractivity contribution < 1.29 is 9.59 Å². The Morgan fingerprint density at radius 3 is 2.95 bits per heavy atom. The van der Waals surface area contributed by atoms with Crippen molar-refractivity contribution in [1.29, 1.82) is 0 Å². The van der Waals surface area contributed by atoms with Crippen LogP contribution in [0.3, 0.4) is 0 Å². The molecule has 1 aromatic rings. The topological polar surface area (TPSA) is 65.5 Å². The number of hydrogen-bond acceptors (Lipinski definition) is 3. The third kappa shape index (κ3) is 2.42. The molecule has 1 spiro atoms. The van der Waals surface area contributed by atoms with Crippen LogP contribution in [0.5, 0.6) is 0 Å². The molecule has 0 bridgehead atoms. The first-order chi connectivity index (χ1) is 10.7. The molecule has 1 aromatic heterocycles. The van der Waals surface area contributed by atoms with E-state index in [1.54, 1.807) is 12.4 Å². The van der Waals surface area contributed by atoms with E-state index in [2.05, 4.69) is 10.3 Å². The number of likely N-dealkylation sites (tertiary alicyclic amines) is 1. The summed E-state index contributed by atoms with van der Waals surface area (Å²) in [5.41, 5.74) is 0.763. The van der Waals surface area contributed by atoms with Crippen LogP contribution in [0.25, 0.3) is 0 Å². The van der Waals surface area contributed by atoms with Gasteiger partial charge in [0.05, 0.1) is 11.9 Å². The van der Waals surface area contributed by atoms with Crippen molar-refractivity contribution in [1.82, 2.24) is 15.2 Å². The van der Waals surface area contributed by atoms with E-state index >= 15 is 0 Å². The number of carbonyl (C=O) groups excluding carboxylic acids is 2. The van der Waals surface area contributed by atoms with Gasteiger partial charge >= 0.3 is 6.03 Å². The lowest BCUT2D eigenvalue weighted by Crippen LogP contribution is -2.41. The molecule has 1 atom stereocenters. The number of carbonyl (C=O) groups is 2. The molecule has 1 unspecified atom stereocenters. The lowest BCUT2D eigenvalue weighted by atomic mass is 9.86. The standard InChI is InChI=1S/C16H20N4O2/c21-14-8-16(11-20(14)13-2-1-6-17-9-13)5-7-19(10-16)15(22)18-12-3-4-12/h1-2,6,9,12H,3-5,7-8,10-11H2,(H,18,22). The van der Waals surface area contributed by atoms with Crippen molar-refractivity contribution >= 4 is 17.6 Å². The van der Waals surface area contributed by atoms with Gasteiger partial charge in [0.1, 0.15) is 0 Å².